The van der Waals surface area contributed by atoms with Gasteiger partial charge in [0, 0.05) is 6.42 Å². The lowest BCUT2D eigenvalue weighted by Gasteiger charge is -2.26. The number of allylic oxidation sites excluding steroid dienone is 14. The van der Waals surface area contributed by atoms with Crippen LogP contribution in [0.25, 0.3) is 0 Å². The van der Waals surface area contributed by atoms with Crippen molar-refractivity contribution in [3.63, 3.8) is 0 Å². The van der Waals surface area contributed by atoms with E-state index >= 15 is 0 Å². The third-order valence-electron chi connectivity index (χ3n) is 9.16. The molecule has 0 aliphatic rings. The number of nitrogens with zero attached hydrogens (tertiary/aromatic N) is 1. The second-order valence-corrected chi connectivity index (χ2v) is 17.1. The van der Waals surface area contributed by atoms with Crippen LogP contribution in [0.15, 0.2) is 85.1 Å². The van der Waals surface area contributed by atoms with Crippen LogP contribution < -0.4 is 5.32 Å². The normalized spacial score (nSPS) is 15.2. The first-order valence-electron chi connectivity index (χ1n) is 22.0. The fourth-order valence-corrected chi connectivity index (χ4v) is 6.41. The van der Waals surface area contributed by atoms with Crippen molar-refractivity contribution in [3.8, 4) is 0 Å². The van der Waals surface area contributed by atoms with Crippen molar-refractivity contribution < 1.29 is 32.9 Å². The van der Waals surface area contributed by atoms with E-state index in [1.54, 1.807) is 0 Å². The zero-order valence-corrected chi connectivity index (χ0v) is 37.2. The highest BCUT2D eigenvalue weighted by Gasteiger charge is 2.28. The van der Waals surface area contributed by atoms with E-state index in [0.29, 0.717) is 23.9 Å². The topological polar surface area (TPSA) is 105 Å². The molecule has 0 aliphatic heterocycles. The molecule has 0 spiro atoms. The van der Waals surface area contributed by atoms with Crippen LogP contribution in [0.3, 0.4) is 0 Å². The van der Waals surface area contributed by atoms with E-state index in [4.69, 9.17) is 9.05 Å². The highest BCUT2D eigenvalue weighted by molar-refractivity contribution is 7.47. The molecule has 3 unspecified atom stereocenters. The van der Waals surface area contributed by atoms with E-state index in [1.807, 2.05) is 21.1 Å². The highest BCUT2D eigenvalue weighted by Crippen LogP contribution is 2.43. The average Bonchev–Trinajstić information content (AvgIpc) is 3.15. The minimum Gasteiger partial charge on any atom is -0.391 e. The zero-order valence-electron chi connectivity index (χ0n) is 36.3. The van der Waals surface area contributed by atoms with Crippen molar-refractivity contribution in [2.24, 2.45) is 0 Å². The second-order valence-electron chi connectivity index (χ2n) is 15.7. The van der Waals surface area contributed by atoms with Gasteiger partial charge in [0.25, 0.3) is 0 Å². The summed E-state index contributed by atoms with van der Waals surface area (Å²) in [7, 11) is 1.59. The Bertz CT molecular complexity index is 1180. The summed E-state index contributed by atoms with van der Waals surface area (Å²) < 4.78 is 23.3. The molecule has 0 radical (unpaired) electrons. The lowest BCUT2D eigenvalue weighted by molar-refractivity contribution is -0.870. The number of hydrogen-bond acceptors (Lipinski definition) is 5. The molecule has 0 saturated carbocycles. The number of carbonyl (C=O) groups excluding carboxylic acids is 1. The van der Waals surface area contributed by atoms with E-state index in [9.17, 15) is 19.4 Å². The van der Waals surface area contributed by atoms with Crippen LogP contribution in [0.1, 0.15) is 155 Å². The van der Waals surface area contributed by atoms with Gasteiger partial charge in [-0.2, -0.15) is 0 Å². The smallest absolute Gasteiger partial charge is 0.391 e. The number of rotatable bonds is 38. The first-order valence-corrected chi connectivity index (χ1v) is 23.4. The molecular weight excluding hydrogens is 719 g/mol. The lowest BCUT2D eigenvalue weighted by atomic mass is 10.0. The summed E-state index contributed by atoms with van der Waals surface area (Å²) >= 11 is 0. The summed E-state index contributed by atoms with van der Waals surface area (Å²) in [6.07, 6.45) is 52.7. The van der Waals surface area contributed by atoms with Crippen molar-refractivity contribution in [2.75, 3.05) is 40.9 Å². The number of amides is 1. The molecule has 0 aliphatic carbocycles. The SMILES string of the molecule is CC/C=C\C/C=C\C/C=C\C/C=C\C/C=C\C/C=C\C/C=C\CCCCCCCCCCCC(=O)NC(COP(=O)(O)OCC[N+](C)(C)C)C(O)CCCCC. The Morgan fingerprint density at radius 3 is 1.54 bits per heavy atom. The van der Waals surface area contributed by atoms with Gasteiger partial charge in [-0.3, -0.25) is 13.8 Å². The van der Waals surface area contributed by atoms with Gasteiger partial charge >= 0.3 is 7.82 Å². The number of aliphatic hydroxyl groups is 1. The van der Waals surface area contributed by atoms with Gasteiger partial charge in [0.05, 0.1) is 39.9 Å². The average molecular weight is 804 g/mol. The van der Waals surface area contributed by atoms with Gasteiger partial charge in [-0.1, -0.05) is 163 Å². The van der Waals surface area contributed by atoms with Crippen LogP contribution in [0.2, 0.25) is 0 Å². The minimum absolute atomic E-state index is 0.0673. The molecule has 0 aromatic carbocycles. The van der Waals surface area contributed by atoms with Gasteiger partial charge < -0.3 is 19.8 Å². The van der Waals surface area contributed by atoms with Crippen molar-refractivity contribution >= 4 is 13.7 Å². The molecule has 9 heteroatoms. The number of nitrogens with one attached hydrogen (secondary N) is 1. The monoisotopic (exact) mass is 804 g/mol. The van der Waals surface area contributed by atoms with Crippen molar-refractivity contribution in [1.82, 2.24) is 5.32 Å². The Morgan fingerprint density at radius 1 is 0.625 bits per heavy atom. The summed E-state index contributed by atoms with van der Waals surface area (Å²) in [5.41, 5.74) is 0. The fourth-order valence-electron chi connectivity index (χ4n) is 5.67. The molecule has 3 atom stereocenters. The summed E-state index contributed by atoms with van der Waals surface area (Å²) in [5.74, 6) is -0.168. The van der Waals surface area contributed by atoms with E-state index in [-0.39, 0.29) is 19.1 Å². The van der Waals surface area contributed by atoms with E-state index < -0.39 is 20.0 Å². The Kier molecular flexibility index (Phi) is 36.6. The lowest BCUT2D eigenvalue weighted by Crippen LogP contribution is -2.46. The number of phosphoric acid groups is 1. The molecule has 0 aromatic rings. The van der Waals surface area contributed by atoms with Crippen molar-refractivity contribution in [1.29, 1.82) is 0 Å². The van der Waals surface area contributed by atoms with Gasteiger partial charge in [0.2, 0.25) is 5.91 Å². The van der Waals surface area contributed by atoms with Crippen LogP contribution in [0.4, 0.5) is 0 Å². The molecule has 0 rings (SSSR count). The Hall–Kier alpha value is -2.32. The molecule has 0 fully saturated rings. The second kappa shape index (κ2) is 38.2. The molecule has 3 N–H and O–H groups in total. The maximum absolute atomic E-state index is 12.7. The molecule has 1 amide bonds. The predicted molar refractivity (Wildman–Crippen MR) is 239 cm³/mol. The number of unbranched alkanes of at least 4 members (excludes halogenated alkanes) is 11. The summed E-state index contributed by atoms with van der Waals surface area (Å²) in [6.45, 7) is 4.57. The number of hydrogen-bond donors (Lipinski definition) is 3. The zero-order chi connectivity index (χ0) is 41.4. The summed E-state index contributed by atoms with van der Waals surface area (Å²) in [6, 6.07) is -0.764. The fraction of sp³-hybridized carbons (Fsp3) is 0.681. The molecule has 8 nitrogen and oxygen atoms in total. The van der Waals surface area contributed by atoms with Crippen LogP contribution in [-0.4, -0.2) is 73.4 Å². The van der Waals surface area contributed by atoms with Crippen LogP contribution >= 0.6 is 7.82 Å². The van der Waals surface area contributed by atoms with E-state index in [2.05, 4.69) is 104 Å². The van der Waals surface area contributed by atoms with Gasteiger partial charge in [-0.25, -0.2) is 4.57 Å². The maximum Gasteiger partial charge on any atom is 0.472 e. The molecule has 56 heavy (non-hydrogen) atoms. The molecular formula is C47H84N2O6P+. The van der Waals surface area contributed by atoms with Gasteiger partial charge in [0.15, 0.2) is 0 Å². The minimum atomic E-state index is -4.30. The number of quaternary nitrogens is 1. The number of phosphoric ester groups is 1. The Morgan fingerprint density at radius 2 is 1.07 bits per heavy atom. The predicted octanol–water partition coefficient (Wildman–Crippen LogP) is 12.2. The Balaban J connectivity index is 3.93. The number of carbonyl (C=O) groups is 1. The molecule has 0 saturated heterocycles. The van der Waals surface area contributed by atoms with Crippen LogP contribution in [0.5, 0.6) is 0 Å². The van der Waals surface area contributed by atoms with E-state index in [1.165, 1.54) is 38.5 Å². The van der Waals surface area contributed by atoms with Crippen molar-refractivity contribution in [3.05, 3.63) is 85.1 Å². The molecule has 0 bridgehead atoms. The maximum atomic E-state index is 12.7. The van der Waals surface area contributed by atoms with Crippen LogP contribution in [-0.2, 0) is 18.4 Å². The molecule has 322 valence electrons. The number of likely N-dealkylation sites (N-methyl/N-ethyl adjacent to an activating group) is 1. The van der Waals surface area contributed by atoms with E-state index in [0.717, 1.165) is 89.9 Å². The third-order valence-corrected chi connectivity index (χ3v) is 10.1. The summed E-state index contributed by atoms with van der Waals surface area (Å²) in [5, 5.41) is 13.6. The van der Waals surface area contributed by atoms with Gasteiger partial charge in [-0.05, 0) is 70.6 Å². The van der Waals surface area contributed by atoms with Gasteiger partial charge in [-0.15, -0.1) is 0 Å². The first kappa shape index (κ1) is 53.7. The number of aliphatic hydroxyl groups excluding tert-OH is 1. The van der Waals surface area contributed by atoms with Crippen LogP contribution in [0, 0.1) is 0 Å². The quantitative estimate of drug-likeness (QED) is 0.0248. The highest BCUT2D eigenvalue weighted by atomic mass is 31.2. The van der Waals surface area contributed by atoms with Gasteiger partial charge in [0.1, 0.15) is 13.2 Å². The Labute approximate surface area is 344 Å². The molecule has 0 aromatic heterocycles. The largest absolute Gasteiger partial charge is 0.472 e. The third kappa shape index (κ3) is 39.9. The first-order chi connectivity index (χ1) is 27.0. The standard InChI is InChI=1S/C47H83N2O6P/c1-6-8-10-11-12-13-14-15-16-17-18-19-20-21-22-23-24-25-26-27-28-29-30-31-32-33-34-35-36-37-39-41-47(51)48-45(46(50)40-38-9-7-2)44-55-56(52,53)54-43-42-49(3,4)5/h8,10,12-13,15-16,18-19,21-22,24-25,27-28,45-46,50H,6-7,9,11,14,17,20,23,26,29-44H2,1-5H3,(H-,48,51,52,53)/p+1/b10-8-,13-12-,16-15-,19-18-,22-21-,25-24-,28-27-. The molecule has 0 heterocycles. The summed E-state index contributed by atoms with van der Waals surface area (Å²) in [4.78, 5) is 22.8. The van der Waals surface area contributed by atoms with Crippen molar-refractivity contribution in [2.45, 2.75) is 167 Å².